The second kappa shape index (κ2) is 7.02. The molecule has 20 heavy (non-hydrogen) atoms. The molecule has 1 aliphatic carbocycles. The Morgan fingerprint density at radius 2 is 2.15 bits per heavy atom. The molecule has 0 aromatic carbocycles. The lowest BCUT2D eigenvalue weighted by Gasteiger charge is -2.20. The molecule has 1 aliphatic rings. The van der Waals surface area contributed by atoms with E-state index in [0.717, 1.165) is 44.3 Å². The zero-order valence-electron chi connectivity index (χ0n) is 12.3. The first-order valence-electron chi connectivity index (χ1n) is 7.39. The number of thiophene rings is 1. The van der Waals surface area contributed by atoms with Crippen molar-refractivity contribution in [3.63, 3.8) is 0 Å². The minimum atomic E-state index is -3.29. The molecule has 1 fully saturated rings. The number of nitrogens with one attached hydrogen (secondary N) is 1. The Morgan fingerprint density at radius 1 is 1.40 bits per heavy atom. The number of hydrogen-bond donors (Lipinski definition) is 1. The van der Waals surface area contributed by atoms with E-state index in [1.165, 1.54) is 11.3 Å². The molecule has 1 aromatic rings. The van der Waals surface area contributed by atoms with E-state index in [4.69, 9.17) is 0 Å². The molecule has 1 heterocycles. The Bertz CT molecular complexity index is 521. The number of nitrogens with zero attached hydrogens (tertiary/aromatic N) is 1. The average molecular weight is 316 g/mol. The first-order chi connectivity index (χ1) is 9.59. The maximum atomic E-state index is 12.7. The molecule has 2 rings (SSSR count). The molecule has 0 aliphatic heterocycles. The molecular weight excluding hydrogens is 292 g/mol. The quantitative estimate of drug-likeness (QED) is 0.762. The molecule has 0 spiro atoms. The summed E-state index contributed by atoms with van der Waals surface area (Å²) in [5, 5.41) is 5.17. The van der Waals surface area contributed by atoms with Crippen LogP contribution in [-0.4, -0.2) is 31.9 Å². The molecule has 4 nitrogen and oxygen atoms in total. The van der Waals surface area contributed by atoms with Crippen LogP contribution in [0.25, 0.3) is 0 Å². The van der Waals surface area contributed by atoms with Crippen LogP contribution < -0.4 is 5.32 Å². The fourth-order valence-corrected chi connectivity index (χ4v) is 5.20. The standard InChI is InChI=1S/C14H24N2O2S2/c1-3-5-8-16(13-6-7-13)20(17,18)14-9-12(11-19-14)10-15-4-2/h9,11,13,15H,3-8,10H2,1-2H3. The van der Waals surface area contributed by atoms with Crippen LogP contribution in [0.2, 0.25) is 0 Å². The predicted molar refractivity (Wildman–Crippen MR) is 83.5 cm³/mol. The van der Waals surface area contributed by atoms with E-state index < -0.39 is 10.0 Å². The van der Waals surface area contributed by atoms with Crippen molar-refractivity contribution in [1.82, 2.24) is 9.62 Å². The number of unbranched alkanes of at least 4 members (excludes halogenated alkanes) is 1. The molecule has 114 valence electrons. The third kappa shape index (κ3) is 3.81. The van der Waals surface area contributed by atoms with Crippen molar-refractivity contribution in [2.75, 3.05) is 13.1 Å². The average Bonchev–Trinajstić information content (AvgIpc) is 3.13. The monoisotopic (exact) mass is 316 g/mol. The van der Waals surface area contributed by atoms with Gasteiger partial charge in [-0.2, -0.15) is 4.31 Å². The molecular formula is C14H24N2O2S2. The lowest BCUT2D eigenvalue weighted by atomic mass is 10.3. The molecule has 0 bridgehead atoms. The van der Waals surface area contributed by atoms with Crippen LogP contribution in [0.4, 0.5) is 0 Å². The first kappa shape index (κ1) is 15.9. The van der Waals surface area contributed by atoms with Gasteiger partial charge in [0.05, 0.1) is 0 Å². The number of sulfonamides is 1. The summed E-state index contributed by atoms with van der Waals surface area (Å²) >= 11 is 1.34. The lowest BCUT2D eigenvalue weighted by molar-refractivity contribution is 0.397. The maximum absolute atomic E-state index is 12.7. The summed E-state index contributed by atoms with van der Waals surface area (Å²) in [6.07, 6.45) is 3.98. The molecule has 0 saturated heterocycles. The van der Waals surface area contributed by atoms with Gasteiger partial charge in [0.15, 0.2) is 0 Å². The van der Waals surface area contributed by atoms with Gasteiger partial charge in [0.2, 0.25) is 0 Å². The van der Waals surface area contributed by atoms with Gasteiger partial charge in [-0.05, 0) is 42.8 Å². The van der Waals surface area contributed by atoms with E-state index in [9.17, 15) is 8.42 Å². The van der Waals surface area contributed by atoms with Gasteiger partial charge in [0.1, 0.15) is 4.21 Å². The van der Waals surface area contributed by atoms with E-state index >= 15 is 0 Å². The summed E-state index contributed by atoms with van der Waals surface area (Å²) in [4.78, 5) is 0. The Hall–Kier alpha value is -0.430. The highest BCUT2D eigenvalue weighted by Gasteiger charge is 2.38. The smallest absolute Gasteiger partial charge is 0.252 e. The van der Waals surface area contributed by atoms with Gasteiger partial charge in [0, 0.05) is 19.1 Å². The Labute approximate surface area is 126 Å². The Morgan fingerprint density at radius 3 is 2.75 bits per heavy atom. The number of hydrogen-bond acceptors (Lipinski definition) is 4. The highest BCUT2D eigenvalue weighted by atomic mass is 32.2. The Kier molecular flexibility index (Phi) is 5.60. The minimum Gasteiger partial charge on any atom is -0.313 e. The van der Waals surface area contributed by atoms with Gasteiger partial charge in [-0.3, -0.25) is 0 Å². The van der Waals surface area contributed by atoms with Gasteiger partial charge in [-0.15, -0.1) is 11.3 Å². The Balaban J connectivity index is 2.12. The van der Waals surface area contributed by atoms with E-state index in [1.54, 1.807) is 4.31 Å². The molecule has 0 unspecified atom stereocenters. The van der Waals surface area contributed by atoms with Crippen LogP contribution in [0, 0.1) is 0 Å². The zero-order chi connectivity index (χ0) is 14.6. The lowest BCUT2D eigenvalue weighted by Crippen LogP contribution is -2.33. The predicted octanol–water partition coefficient (Wildman–Crippen LogP) is 2.81. The van der Waals surface area contributed by atoms with E-state index in [0.29, 0.717) is 10.8 Å². The summed E-state index contributed by atoms with van der Waals surface area (Å²) in [6, 6.07) is 2.06. The largest absolute Gasteiger partial charge is 0.313 e. The highest BCUT2D eigenvalue weighted by Crippen LogP contribution is 2.34. The van der Waals surface area contributed by atoms with Crippen LogP contribution in [0.1, 0.15) is 45.1 Å². The van der Waals surface area contributed by atoms with Crippen LogP contribution in [0.3, 0.4) is 0 Å². The van der Waals surface area contributed by atoms with Gasteiger partial charge < -0.3 is 5.32 Å². The first-order valence-corrected chi connectivity index (χ1v) is 9.71. The van der Waals surface area contributed by atoms with Crippen molar-refractivity contribution in [1.29, 1.82) is 0 Å². The van der Waals surface area contributed by atoms with Gasteiger partial charge >= 0.3 is 0 Å². The SMILES string of the molecule is CCCCN(C1CC1)S(=O)(=O)c1cc(CNCC)cs1. The minimum absolute atomic E-state index is 0.242. The molecule has 0 radical (unpaired) electrons. The fraction of sp³-hybridized carbons (Fsp3) is 0.714. The summed E-state index contributed by atoms with van der Waals surface area (Å²) in [6.45, 7) is 6.43. The van der Waals surface area contributed by atoms with Crippen molar-refractivity contribution < 1.29 is 8.42 Å². The van der Waals surface area contributed by atoms with Crippen LogP contribution in [0.5, 0.6) is 0 Å². The van der Waals surface area contributed by atoms with Gasteiger partial charge in [0.25, 0.3) is 10.0 Å². The van der Waals surface area contributed by atoms with Crippen LogP contribution in [-0.2, 0) is 16.6 Å². The summed E-state index contributed by atoms with van der Waals surface area (Å²) in [5.74, 6) is 0. The van der Waals surface area contributed by atoms with E-state index in [2.05, 4.69) is 12.2 Å². The zero-order valence-corrected chi connectivity index (χ0v) is 13.9. The maximum Gasteiger partial charge on any atom is 0.252 e. The second-order valence-electron chi connectivity index (χ2n) is 5.25. The van der Waals surface area contributed by atoms with Gasteiger partial charge in [-0.1, -0.05) is 20.3 Å². The third-order valence-electron chi connectivity index (χ3n) is 3.46. The van der Waals surface area contributed by atoms with Crippen molar-refractivity contribution in [2.24, 2.45) is 0 Å². The molecule has 0 amide bonds. The normalized spacial score (nSPS) is 15.9. The van der Waals surface area contributed by atoms with Crippen molar-refractivity contribution in [3.05, 3.63) is 17.0 Å². The third-order valence-corrected chi connectivity index (χ3v) is 6.87. The molecule has 1 N–H and O–H groups in total. The molecule has 0 atom stereocenters. The van der Waals surface area contributed by atoms with Crippen LogP contribution >= 0.6 is 11.3 Å². The number of rotatable bonds is 9. The van der Waals surface area contributed by atoms with Crippen molar-refractivity contribution >= 4 is 21.4 Å². The van der Waals surface area contributed by atoms with Crippen molar-refractivity contribution in [3.8, 4) is 0 Å². The van der Waals surface area contributed by atoms with E-state index in [-0.39, 0.29) is 6.04 Å². The summed E-state index contributed by atoms with van der Waals surface area (Å²) < 4.78 is 27.7. The molecule has 1 aromatic heterocycles. The topological polar surface area (TPSA) is 49.4 Å². The van der Waals surface area contributed by atoms with Crippen molar-refractivity contribution in [2.45, 2.75) is 56.3 Å². The summed E-state index contributed by atoms with van der Waals surface area (Å²) in [7, 11) is -3.29. The molecule has 6 heteroatoms. The highest BCUT2D eigenvalue weighted by molar-refractivity contribution is 7.91. The van der Waals surface area contributed by atoms with Crippen LogP contribution in [0.15, 0.2) is 15.7 Å². The van der Waals surface area contributed by atoms with E-state index in [1.807, 2.05) is 18.4 Å². The fourth-order valence-electron chi connectivity index (χ4n) is 2.14. The summed E-state index contributed by atoms with van der Waals surface area (Å²) in [5.41, 5.74) is 1.06. The second-order valence-corrected chi connectivity index (χ2v) is 8.28. The van der Waals surface area contributed by atoms with Gasteiger partial charge in [-0.25, -0.2) is 8.42 Å². The molecule has 1 saturated carbocycles.